The molecule has 3 fully saturated rings. The lowest BCUT2D eigenvalue weighted by molar-refractivity contribution is 0.0862. The van der Waals surface area contributed by atoms with Crippen molar-refractivity contribution in [1.29, 1.82) is 0 Å². The summed E-state index contributed by atoms with van der Waals surface area (Å²) in [6, 6.07) is 0. The third-order valence-corrected chi connectivity index (χ3v) is 12.5. The highest BCUT2D eigenvalue weighted by molar-refractivity contribution is 7.64. The third kappa shape index (κ3) is 6.26. The standard InChI is InChI=1S/C30H49O3P/c1-6-17-34(33,18-7-2)19-9-10-22(3)27-14-15-28-24(11-8-16-30(27,28)5)12-13-25-20-26(31)21-29(32)23(25)4/h9-10,12-13,22,26-29,31-32H,4,6-8,11,14-21H2,1-3,5H3/b10-9+,24-12+,25-13-/t22-,26-,27-,28+,29+,30-/m1/s1. The minimum absolute atomic E-state index is 0.311. The van der Waals surface area contributed by atoms with Crippen LogP contribution in [0.15, 0.2) is 47.6 Å². The molecule has 0 saturated heterocycles. The van der Waals surface area contributed by atoms with E-state index in [-0.39, 0.29) is 0 Å². The van der Waals surface area contributed by atoms with Crippen LogP contribution in [0, 0.1) is 23.2 Å². The van der Waals surface area contributed by atoms with Crippen molar-refractivity contribution < 1.29 is 14.8 Å². The Morgan fingerprint density at radius 2 is 1.88 bits per heavy atom. The molecule has 0 spiro atoms. The van der Waals surface area contributed by atoms with Crippen LogP contribution in [-0.4, -0.2) is 40.9 Å². The first-order chi connectivity index (χ1) is 16.1. The van der Waals surface area contributed by atoms with Crippen molar-refractivity contribution in [2.24, 2.45) is 23.2 Å². The molecule has 0 aromatic rings. The fourth-order valence-corrected chi connectivity index (χ4v) is 10.0. The summed E-state index contributed by atoms with van der Waals surface area (Å²) in [4.78, 5) is 0. The summed E-state index contributed by atoms with van der Waals surface area (Å²) in [7, 11) is -2.04. The summed E-state index contributed by atoms with van der Waals surface area (Å²) in [6.45, 7) is 13.2. The number of rotatable bonds is 9. The minimum Gasteiger partial charge on any atom is -0.393 e. The molecule has 3 aliphatic carbocycles. The average molecular weight is 489 g/mol. The second-order valence-electron chi connectivity index (χ2n) is 11.6. The Morgan fingerprint density at radius 1 is 1.18 bits per heavy atom. The molecule has 0 bridgehead atoms. The molecule has 2 N–H and O–H groups in total. The molecule has 3 saturated carbocycles. The molecule has 0 radical (unpaired) electrons. The zero-order valence-electron chi connectivity index (χ0n) is 22.1. The fourth-order valence-electron chi connectivity index (χ4n) is 7.32. The Bertz CT molecular complexity index is 843. The number of aliphatic hydroxyl groups is 2. The van der Waals surface area contributed by atoms with Gasteiger partial charge in [-0.1, -0.05) is 64.2 Å². The lowest BCUT2D eigenvalue weighted by Crippen LogP contribution is -2.35. The van der Waals surface area contributed by atoms with E-state index in [1.807, 2.05) is 0 Å². The lowest BCUT2D eigenvalue weighted by atomic mass is 9.61. The molecule has 192 valence electrons. The van der Waals surface area contributed by atoms with Gasteiger partial charge in [-0.15, -0.1) is 0 Å². The second kappa shape index (κ2) is 11.9. The zero-order chi connectivity index (χ0) is 24.9. The Hall–Kier alpha value is -0.890. The Kier molecular flexibility index (Phi) is 9.69. The Balaban J connectivity index is 1.71. The summed E-state index contributed by atoms with van der Waals surface area (Å²) < 4.78 is 13.2. The molecule has 3 rings (SSSR count). The topological polar surface area (TPSA) is 57.5 Å². The summed E-state index contributed by atoms with van der Waals surface area (Å²) >= 11 is 0. The molecular weight excluding hydrogens is 439 g/mol. The van der Waals surface area contributed by atoms with E-state index in [1.54, 1.807) is 0 Å². The van der Waals surface area contributed by atoms with Gasteiger partial charge in [-0.25, -0.2) is 0 Å². The van der Waals surface area contributed by atoms with Crippen molar-refractivity contribution in [3.05, 3.63) is 47.6 Å². The largest absolute Gasteiger partial charge is 0.393 e. The molecule has 4 heteroatoms. The van der Waals surface area contributed by atoms with E-state index in [0.29, 0.717) is 36.0 Å². The molecule has 34 heavy (non-hydrogen) atoms. The van der Waals surface area contributed by atoms with Gasteiger partial charge in [0.25, 0.3) is 0 Å². The SMILES string of the molecule is C=C1/C(=C\C=C2/CCC[C@]3(C)[C@@H]([C@H](C)/C=C/CP(=O)(CCC)CCC)CC[C@@H]23)C[C@@H](O)C[C@@H]1O. The van der Waals surface area contributed by atoms with E-state index in [1.165, 1.54) is 31.3 Å². The number of aliphatic hydroxyl groups excluding tert-OH is 2. The van der Waals surface area contributed by atoms with Crippen molar-refractivity contribution in [3.8, 4) is 0 Å². The molecule has 0 aliphatic heterocycles. The van der Waals surface area contributed by atoms with Crippen LogP contribution in [0.3, 0.4) is 0 Å². The molecule has 0 amide bonds. The van der Waals surface area contributed by atoms with Gasteiger partial charge in [0.15, 0.2) is 0 Å². The summed E-state index contributed by atoms with van der Waals surface area (Å²) in [5.74, 6) is 1.78. The van der Waals surface area contributed by atoms with Crippen LogP contribution in [0.1, 0.15) is 85.5 Å². The van der Waals surface area contributed by atoms with Crippen molar-refractivity contribution in [3.63, 3.8) is 0 Å². The molecule has 3 aliphatic rings. The summed E-state index contributed by atoms with van der Waals surface area (Å²) in [6.07, 6.45) is 19.7. The van der Waals surface area contributed by atoms with Crippen molar-refractivity contribution in [1.82, 2.24) is 0 Å². The molecule has 3 nitrogen and oxygen atoms in total. The van der Waals surface area contributed by atoms with E-state index in [4.69, 9.17) is 0 Å². The highest BCUT2D eigenvalue weighted by Gasteiger charge is 2.50. The van der Waals surface area contributed by atoms with Crippen molar-refractivity contribution in [2.75, 3.05) is 18.5 Å². The predicted molar refractivity (Wildman–Crippen MR) is 146 cm³/mol. The highest BCUT2D eigenvalue weighted by Crippen LogP contribution is 2.59. The molecular formula is C30H49O3P. The van der Waals surface area contributed by atoms with Gasteiger partial charge >= 0.3 is 0 Å². The number of fused-ring (bicyclic) bond motifs is 1. The lowest BCUT2D eigenvalue weighted by Gasteiger charge is -2.44. The van der Waals surface area contributed by atoms with Gasteiger partial charge in [-0.3, -0.25) is 0 Å². The van der Waals surface area contributed by atoms with Crippen LogP contribution in [0.4, 0.5) is 0 Å². The number of hydrogen-bond acceptors (Lipinski definition) is 3. The first kappa shape index (κ1) is 27.7. The van der Waals surface area contributed by atoms with Crippen LogP contribution in [0.5, 0.6) is 0 Å². The van der Waals surface area contributed by atoms with Crippen LogP contribution in [0.2, 0.25) is 0 Å². The van der Waals surface area contributed by atoms with Gasteiger partial charge < -0.3 is 14.8 Å². The maximum Gasteiger partial charge on any atom is 0.0913 e. The minimum atomic E-state index is -2.04. The van der Waals surface area contributed by atoms with Gasteiger partial charge in [0.1, 0.15) is 0 Å². The normalized spacial score (nSPS) is 35.9. The fraction of sp³-hybridized carbons (Fsp3) is 0.733. The van der Waals surface area contributed by atoms with Crippen molar-refractivity contribution in [2.45, 2.75) is 97.7 Å². The van der Waals surface area contributed by atoms with E-state index in [0.717, 1.165) is 48.9 Å². The molecule has 0 unspecified atom stereocenters. The van der Waals surface area contributed by atoms with Gasteiger partial charge in [-0.05, 0) is 85.7 Å². The maximum atomic E-state index is 13.2. The van der Waals surface area contributed by atoms with Gasteiger partial charge in [0, 0.05) is 24.9 Å². The third-order valence-electron chi connectivity index (χ3n) is 9.08. The van der Waals surface area contributed by atoms with E-state index < -0.39 is 19.3 Å². The van der Waals surface area contributed by atoms with E-state index in [2.05, 4.69) is 58.6 Å². The molecule has 0 aromatic carbocycles. The second-order valence-corrected chi connectivity index (χ2v) is 15.0. The quantitative estimate of drug-likeness (QED) is 0.261. The molecule has 0 heterocycles. The summed E-state index contributed by atoms with van der Waals surface area (Å²) in [5, 5.41) is 20.3. The van der Waals surface area contributed by atoms with E-state index in [9.17, 15) is 14.8 Å². The number of hydrogen-bond donors (Lipinski definition) is 2. The van der Waals surface area contributed by atoms with Gasteiger partial charge in [0.2, 0.25) is 0 Å². The smallest absolute Gasteiger partial charge is 0.0913 e. The zero-order valence-corrected chi connectivity index (χ0v) is 23.0. The molecule has 0 aromatic heterocycles. The van der Waals surface area contributed by atoms with Crippen LogP contribution >= 0.6 is 7.14 Å². The van der Waals surface area contributed by atoms with Crippen LogP contribution in [0.25, 0.3) is 0 Å². The van der Waals surface area contributed by atoms with Crippen molar-refractivity contribution >= 4 is 7.14 Å². The van der Waals surface area contributed by atoms with Crippen LogP contribution < -0.4 is 0 Å². The Labute approximate surface area is 208 Å². The summed E-state index contributed by atoms with van der Waals surface area (Å²) in [5.41, 5.74) is 3.62. The van der Waals surface area contributed by atoms with E-state index >= 15 is 0 Å². The number of allylic oxidation sites excluding steroid dienone is 5. The van der Waals surface area contributed by atoms with Gasteiger partial charge in [-0.2, -0.15) is 0 Å². The highest BCUT2D eigenvalue weighted by atomic mass is 31.2. The average Bonchev–Trinajstić information content (AvgIpc) is 3.13. The van der Waals surface area contributed by atoms with Gasteiger partial charge in [0.05, 0.1) is 19.3 Å². The van der Waals surface area contributed by atoms with Crippen LogP contribution in [-0.2, 0) is 4.57 Å². The monoisotopic (exact) mass is 488 g/mol. The Morgan fingerprint density at radius 3 is 2.56 bits per heavy atom. The predicted octanol–water partition coefficient (Wildman–Crippen LogP) is 7.50. The first-order valence-corrected chi connectivity index (χ1v) is 16.1. The molecule has 6 atom stereocenters. The maximum absolute atomic E-state index is 13.2. The first-order valence-electron chi connectivity index (χ1n) is 13.8.